The number of carbonyl (C=O) groups is 1. The number of rotatable bonds is 6. The first-order chi connectivity index (χ1) is 10.8. The smallest absolute Gasteiger partial charge is 0.220 e. The molecule has 0 spiro atoms. The van der Waals surface area contributed by atoms with Crippen LogP contribution in [0.3, 0.4) is 0 Å². The van der Waals surface area contributed by atoms with E-state index in [0.717, 1.165) is 12.5 Å². The minimum absolute atomic E-state index is 0. The van der Waals surface area contributed by atoms with Gasteiger partial charge in [-0.1, -0.05) is 32.1 Å². The van der Waals surface area contributed by atoms with Crippen molar-refractivity contribution in [3.8, 4) is 0 Å². The van der Waals surface area contributed by atoms with E-state index in [0.29, 0.717) is 24.9 Å². The predicted octanol–water partition coefficient (Wildman–Crippen LogP) is 2.80. The minimum atomic E-state index is 0. The molecule has 6 heteroatoms. The van der Waals surface area contributed by atoms with Gasteiger partial charge in [-0.05, 0) is 31.6 Å². The lowest BCUT2D eigenvalue weighted by molar-refractivity contribution is -0.122. The number of hydrogen-bond donors (Lipinski definition) is 3. The van der Waals surface area contributed by atoms with E-state index in [9.17, 15) is 4.79 Å². The molecule has 0 aromatic rings. The molecular formula is C17H33IN4O. The van der Waals surface area contributed by atoms with E-state index in [4.69, 9.17) is 0 Å². The SMILES string of the molecule is CN=C(NCCNC(=O)CC1CCCCC1)NC1CCCC1.I. The van der Waals surface area contributed by atoms with Crippen molar-refractivity contribution in [2.45, 2.75) is 70.3 Å². The number of aliphatic imine (C=N–C) groups is 1. The van der Waals surface area contributed by atoms with E-state index in [1.54, 1.807) is 7.05 Å². The average molecular weight is 436 g/mol. The van der Waals surface area contributed by atoms with Crippen LogP contribution < -0.4 is 16.0 Å². The summed E-state index contributed by atoms with van der Waals surface area (Å²) >= 11 is 0. The molecule has 0 saturated heterocycles. The summed E-state index contributed by atoms with van der Waals surface area (Å²) in [6.45, 7) is 1.39. The Kier molecular flexibility index (Phi) is 10.6. The molecular weight excluding hydrogens is 403 g/mol. The van der Waals surface area contributed by atoms with E-state index < -0.39 is 0 Å². The Morgan fingerprint density at radius 1 is 0.957 bits per heavy atom. The summed E-state index contributed by atoms with van der Waals surface area (Å²) in [4.78, 5) is 16.2. The summed E-state index contributed by atoms with van der Waals surface area (Å²) in [5.74, 6) is 1.67. The maximum absolute atomic E-state index is 11.9. The zero-order chi connectivity index (χ0) is 15.6. The third-order valence-corrected chi connectivity index (χ3v) is 4.86. The standard InChI is InChI=1S/C17H32N4O.HI/c1-18-17(21-15-9-5-6-10-15)20-12-11-19-16(22)13-14-7-3-2-4-8-14;/h14-15H,2-13H2,1H3,(H,19,22)(H2,18,20,21);1H. The van der Waals surface area contributed by atoms with E-state index in [-0.39, 0.29) is 29.9 Å². The summed E-state index contributed by atoms with van der Waals surface area (Å²) in [6, 6.07) is 0.562. The highest BCUT2D eigenvalue weighted by molar-refractivity contribution is 14.0. The van der Waals surface area contributed by atoms with E-state index in [1.807, 2.05) is 0 Å². The molecule has 0 aromatic heterocycles. The molecule has 0 aliphatic heterocycles. The predicted molar refractivity (Wildman–Crippen MR) is 106 cm³/mol. The summed E-state index contributed by atoms with van der Waals surface area (Å²) in [5, 5.41) is 9.74. The van der Waals surface area contributed by atoms with Crippen LogP contribution >= 0.6 is 24.0 Å². The zero-order valence-corrected chi connectivity index (χ0v) is 16.7. The Labute approximate surface area is 157 Å². The fourth-order valence-corrected chi connectivity index (χ4v) is 3.57. The molecule has 0 aromatic carbocycles. The second-order valence-corrected chi connectivity index (χ2v) is 6.68. The highest BCUT2D eigenvalue weighted by Gasteiger charge is 2.17. The van der Waals surface area contributed by atoms with Crippen molar-refractivity contribution in [2.24, 2.45) is 10.9 Å². The van der Waals surface area contributed by atoms with Gasteiger partial charge >= 0.3 is 0 Å². The van der Waals surface area contributed by atoms with Crippen LogP contribution in [0.25, 0.3) is 0 Å². The van der Waals surface area contributed by atoms with E-state index in [2.05, 4.69) is 20.9 Å². The first-order valence-corrected chi connectivity index (χ1v) is 9.02. The lowest BCUT2D eigenvalue weighted by atomic mass is 9.87. The van der Waals surface area contributed by atoms with Crippen LogP contribution in [0.1, 0.15) is 64.2 Å². The van der Waals surface area contributed by atoms with E-state index >= 15 is 0 Å². The number of amides is 1. The molecule has 3 N–H and O–H groups in total. The van der Waals surface area contributed by atoms with Crippen molar-refractivity contribution >= 4 is 35.8 Å². The monoisotopic (exact) mass is 436 g/mol. The zero-order valence-electron chi connectivity index (χ0n) is 14.4. The van der Waals surface area contributed by atoms with Gasteiger partial charge in [0.15, 0.2) is 5.96 Å². The van der Waals surface area contributed by atoms with Gasteiger partial charge in [0.1, 0.15) is 0 Å². The topological polar surface area (TPSA) is 65.5 Å². The molecule has 0 radical (unpaired) electrons. The summed E-state index contributed by atoms with van der Waals surface area (Å²) in [6.07, 6.45) is 12.2. The third-order valence-electron chi connectivity index (χ3n) is 4.86. The molecule has 0 atom stereocenters. The van der Waals surface area contributed by atoms with Crippen molar-refractivity contribution in [3.05, 3.63) is 0 Å². The van der Waals surface area contributed by atoms with Gasteiger partial charge in [-0.15, -0.1) is 24.0 Å². The Morgan fingerprint density at radius 3 is 2.22 bits per heavy atom. The molecule has 23 heavy (non-hydrogen) atoms. The third kappa shape index (κ3) is 8.22. The number of nitrogens with one attached hydrogen (secondary N) is 3. The Balaban J connectivity index is 0.00000264. The first kappa shape index (κ1) is 20.5. The molecule has 2 aliphatic rings. The molecule has 1 amide bonds. The van der Waals surface area contributed by atoms with E-state index in [1.165, 1.54) is 57.8 Å². The first-order valence-electron chi connectivity index (χ1n) is 9.02. The largest absolute Gasteiger partial charge is 0.355 e. The van der Waals surface area contributed by atoms with Crippen LogP contribution in [0, 0.1) is 5.92 Å². The summed E-state index contributed by atoms with van der Waals surface area (Å²) in [7, 11) is 1.80. The number of hydrogen-bond acceptors (Lipinski definition) is 2. The molecule has 2 fully saturated rings. The van der Waals surface area contributed by atoms with Crippen molar-refractivity contribution in [2.75, 3.05) is 20.1 Å². The minimum Gasteiger partial charge on any atom is -0.355 e. The van der Waals surface area contributed by atoms with Gasteiger partial charge < -0.3 is 16.0 Å². The van der Waals surface area contributed by atoms with Gasteiger partial charge in [0.2, 0.25) is 5.91 Å². The number of nitrogens with zero attached hydrogens (tertiary/aromatic N) is 1. The highest BCUT2D eigenvalue weighted by Crippen LogP contribution is 2.25. The van der Waals surface area contributed by atoms with Gasteiger partial charge in [-0.3, -0.25) is 9.79 Å². The lowest BCUT2D eigenvalue weighted by Crippen LogP contribution is -2.45. The van der Waals surface area contributed by atoms with Gasteiger partial charge in [0.25, 0.3) is 0 Å². The van der Waals surface area contributed by atoms with Crippen LogP contribution in [0.5, 0.6) is 0 Å². The van der Waals surface area contributed by atoms with Crippen molar-refractivity contribution in [1.29, 1.82) is 0 Å². The molecule has 5 nitrogen and oxygen atoms in total. The second kappa shape index (κ2) is 11.9. The maximum atomic E-state index is 11.9. The summed E-state index contributed by atoms with van der Waals surface area (Å²) < 4.78 is 0. The highest BCUT2D eigenvalue weighted by atomic mass is 127. The van der Waals surface area contributed by atoms with Gasteiger partial charge in [0.05, 0.1) is 0 Å². The van der Waals surface area contributed by atoms with Crippen molar-refractivity contribution < 1.29 is 4.79 Å². The van der Waals surface area contributed by atoms with Crippen LogP contribution in [-0.4, -0.2) is 38.0 Å². The van der Waals surface area contributed by atoms with Crippen LogP contribution in [0.15, 0.2) is 4.99 Å². The molecule has 2 rings (SSSR count). The lowest BCUT2D eigenvalue weighted by Gasteiger charge is -2.21. The van der Waals surface area contributed by atoms with Gasteiger partial charge in [-0.25, -0.2) is 0 Å². The van der Waals surface area contributed by atoms with Crippen LogP contribution in [0.4, 0.5) is 0 Å². The number of halogens is 1. The van der Waals surface area contributed by atoms with Gasteiger partial charge in [-0.2, -0.15) is 0 Å². The Bertz CT molecular complexity index is 364. The molecule has 0 unspecified atom stereocenters. The quantitative estimate of drug-likeness (QED) is 0.260. The normalized spacial score (nSPS) is 20.0. The fourth-order valence-electron chi connectivity index (χ4n) is 3.57. The Morgan fingerprint density at radius 2 is 1.57 bits per heavy atom. The number of carbonyl (C=O) groups excluding carboxylic acids is 1. The molecule has 0 bridgehead atoms. The average Bonchev–Trinajstić information content (AvgIpc) is 3.04. The molecule has 2 aliphatic carbocycles. The fraction of sp³-hybridized carbons (Fsp3) is 0.882. The summed E-state index contributed by atoms with van der Waals surface area (Å²) in [5.41, 5.74) is 0. The Hall–Kier alpha value is -0.530. The van der Waals surface area contributed by atoms with Crippen LogP contribution in [-0.2, 0) is 4.79 Å². The maximum Gasteiger partial charge on any atom is 0.220 e. The molecule has 0 heterocycles. The molecule has 2 saturated carbocycles. The number of guanidine groups is 1. The van der Waals surface area contributed by atoms with Crippen molar-refractivity contribution in [3.63, 3.8) is 0 Å². The van der Waals surface area contributed by atoms with Crippen LogP contribution in [0.2, 0.25) is 0 Å². The van der Waals surface area contributed by atoms with Gasteiger partial charge in [0, 0.05) is 32.6 Å². The molecule has 134 valence electrons. The van der Waals surface area contributed by atoms with Crippen molar-refractivity contribution in [1.82, 2.24) is 16.0 Å². The second-order valence-electron chi connectivity index (χ2n) is 6.68.